The van der Waals surface area contributed by atoms with Gasteiger partial charge >= 0.3 is 5.97 Å². The molecule has 0 aromatic carbocycles. The first-order chi connectivity index (χ1) is 9.28. The molecular formula is C10H27N3O6P2. The molecule has 0 heterocycles. The summed E-state index contributed by atoms with van der Waals surface area (Å²) in [5.74, 6) is 3.78. The minimum atomic E-state index is -3.10. The van der Waals surface area contributed by atoms with E-state index in [0.717, 1.165) is 0 Å². The Balaban J connectivity index is 0. The van der Waals surface area contributed by atoms with Crippen molar-refractivity contribution >= 4 is 20.7 Å². The van der Waals surface area contributed by atoms with E-state index < -0.39 is 26.7 Å². The third kappa shape index (κ3) is 19.7. The SMILES string of the molecule is CC(N)CCP(C)(=O)O.CP(=O)(O)CCC(N)C(=O)ON. The van der Waals surface area contributed by atoms with Crippen molar-refractivity contribution in [1.82, 2.24) is 0 Å². The smallest absolute Gasteiger partial charge is 0.341 e. The van der Waals surface area contributed by atoms with E-state index in [1.54, 1.807) is 0 Å². The zero-order valence-electron chi connectivity index (χ0n) is 12.6. The van der Waals surface area contributed by atoms with E-state index in [9.17, 15) is 13.9 Å². The fourth-order valence-corrected chi connectivity index (χ4v) is 2.67. The van der Waals surface area contributed by atoms with E-state index in [0.29, 0.717) is 12.6 Å². The summed E-state index contributed by atoms with van der Waals surface area (Å²) in [6.07, 6.45) is 1.05. The fraction of sp³-hybridized carbons (Fsp3) is 0.900. The van der Waals surface area contributed by atoms with Crippen LogP contribution in [0.4, 0.5) is 0 Å². The van der Waals surface area contributed by atoms with Crippen LogP contribution in [-0.2, 0) is 18.8 Å². The minimum Gasteiger partial charge on any atom is -0.372 e. The van der Waals surface area contributed by atoms with Crippen LogP contribution in [0, 0.1) is 0 Å². The molecule has 0 aromatic heterocycles. The Labute approximate surface area is 125 Å². The summed E-state index contributed by atoms with van der Waals surface area (Å²) >= 11 is 0. The van der Waals surface area contributed by atoms with Gasteiger partial charge in [-0.2, -0.15) is 5.90 Å². The van der Waals surface area contributed by atoms with Crippen LogP contribution in [0.1, 0.15) is 19.8 Å². The summed E-state index contributed by atoms with van der Waals surface area (Å²) in [6, 6.07) is -0.888. The lowest BCUT2D eigenvalue weighted by molar-refractivity contribution is -0.145. The van der Waals surface area contributed by atoms with Gasteiger partial charge in [-0.25, -0.2) is 4.79 Å². The number of hydrogen-bond acceptors (Lipinski definition) is 7. The Morgan fingerprint density at radius 1 is 1.10 bits per heavy atom. The number of carbonyl (C=O) groups is 1. The Morgan fingerprint density at radius 2 is 1.48 bits per heavy atom. The van der Waals surface area contributed by atoms with Crippen LogP contribution in [0.5, 0.6) is 0 Å². The summed E-state index contributed by atoms with van der Waals surface area (Å²) in [5.41, 5.74) is 10.6. The van der Waals surface area contributed by atoms with Crippen LogP contribution in [-0.4, -0.2) is 53.5 Å². The van der Waals surface area contributed by atoms with Gasteiger partial charge in [-0.3, -0.25) is 9.13 Å². The van der Waals surface area contributed by atoms with Crippen LogP contribution in [0.3, 0.4) is 0 Å². The van der Waals surface area contributed by atoms with Crippen LogP contribution in [0.15, 0.2) is 0 Å². The molecule has 0 saturated heterocycles. The van der Waals surface area contributed by atoms with Crippen molar-refractivity contribution in [3.05, 3.63) is 0 Å². The van der Waals surface area contributed by atoms with Crippen molar-refractivity contribution in [2.45, 2.75) is 31.8 Å². The van der Waals surface area contributed by atoms with E-state index in [4.69, 9.17) is 21.3 Å². The molecule has 0 aromatic rings. The molecule has 128 valence electrons. The van der Waals surface area contributed by atoms with Gasteiger partial charge in [0.25, 0.3) is 0 Å². The van der Waals surface area contributed by atoms with Gasteiger partial charge in [0.15, 0.2) is 14.7 Å². The molecular weight excluding hydrogens is 320 g/mol. The van der Waals surface area contributed by atoms with Crippen LogP contribution in [0.2, 0.25) is 0 Å². The quantitative estimate of drug-likeness (QED) is 0.304. The molecule has 0 bridgehead atoms. The lowest BCUT2D eigenvalue weighted by Gasteiger charge is -2.09. The van der Waals surface area contributed by atoms with Gasteiger partial charge in [-0.15, -0.1) is 0 Å². The lowest BCUT2D eigenvalue weighted by atomic mass is 10.2. The first kappa shape index (κ1) is 23.0. The molecule has 0 radical (unpaired) electrons. The Morgan fingerprint density at radius 3 is 1.71 bits per heavy atom. The topological polar surface area (TPSA) is 179 Å². The van der Waals surface area contributed by atoms with Crippen molar-refractivity contribution in [3.63, 3.8) is 0 Å². The molecule has 0 aliphatic carbocycles. The molecule has 4 unspecified atom stereocenters. The van der Waals surface area contributed by atoms with Crippen LogP contribution < -0.4 is 17.4 Å². The van der Waals surface area contributed by atoms with Crippen LogP contribution in [0.25, 0.3) is 0 Å². The van der Waals surface area contributed by atoms with E-state index in [1.165, 1.54) is 13.3 Å². The zero-order valence-corrected chi connectivity index (χ0v) is 14.4. The summed E-state index contributed by atoms with van der Waals surface area (Å²) in [4.78, 5) is 32.0. The summed E-state index contributed by atoms with van der Waals surface area (Å²) in [7, 11) is -5.90. The van der Waals surface area contributed by atoms with Gasteiger partial charge in [-0.05, 0) is 19.8 Å². The highest BCUT2D eigenvalue weighted by Crippen LogP contribution is 2.36. The lowest BCUT2D eigenvalue weighted by Crippen LogP contribution is -2.34. The van der Waals surface area contributed by atoms with Crippen molar-refractivity contribution in [2.75, 3.05) is 25.7 Å². The molecule has 8 N–H and O–H groups in total. The average molecular weight is 347 g/mol. The predicted octanol–water partition coefficient (Wildman–Crippen LogP) is -0.355. The summed E-state index contributed by atoms with van der Waals surface area (Å²) < 4.78 is 21.4. The van der Waals surface area contributed by atoms with Gasteiger partial charge in [0, 0.05) is 31.7 Å². The second-order valence-corrected chi connectivity index (χ2v) is 10.2. The highest BCUT2D eigenvalue weighted by molar-refractivity contribution is 7.57. The van der Waals surface area contributed by atoms with Crippen LogP contribution >= 0.6 is 14.7 Å². The van der Waals surface area contributed by atoms with Gasteiger partial charge in [0.05, 0.1) is 0 Å². The standard InChI is InChI=1S/C5H13N2O4P.C5H14NO2P/c1-12(9,10)3-2-4(6)5(8)11-7;1-5(6)3-4-9(2,7)8/h4H,2-3,6-7H2,1H3,(H,9,10);5H,3-4,6H2,1-2H3,(H,7,8). The molecule has 0 amide bonds. The number of rotatable bonds is 7. The van der Waals surface area contributed by atoms with E-state index >= 15 is 0 Å². The second kappa shape index (κ2) is 10.5. The Hall–Kier alpha value is -0.270. The monoisotopic (exact) mass is 347 g/mol. The average Bonchev–Trinajstić information content (AvgIpc) is 2.31. The van der Waals surface area contributed by atoms with Crippen molar-refractivity contribution < 1.29 is 28.5 Å². The van der Waals surface area contributed by atoms with E-state index in [-0.39, 0.29) is 18.6 Å². The van der Waals surface area contributed by atoms with Crippen molar-refractivity contribution in [2.24, 2.45) is 17.4 Å². The third-order valence-corrected chi connectivity index (χ3v) is 4.45. The maximum absolute atomic E-state index is 10.7. The molecule has 21 heavy (non-hydrogen) atoms. The molecule has 0 rings (SSSR count). The maximum Gasteiger partial charge on any atom is 0.341 e. The molecule has 11 heteroatoms. The maximum atomic E-state index is 10.7. The molecule has 0 aliphatic rings. The molecule has 0 spiro atoms. The number of carbonyl (C=O) groups excluding carboxylic acids is 1. The molecule has 4 atom stereocenters. The second-order valence-electron chi connectivity index (χ2n) is 5.15. The van der Waals surface area contributed by atoms with E-state index in [1.807, 2.05) is 6.92 Å². The van der Waals surface area contributed by atoms with Gasteiger partial charge in [0.1, 0.15) is 6.04 Å². The van der Waals surface area contributed by atoms with Gasteiger partial charge in [0.2, 0.25) is 0 Å². The number of nitrogens with two attached hydrogens (primary N) is 3. The first-order valence-corrected chi connectivity index (χ1v) is 10.9. The predicted molar refractivity (Wildman–Crippen MR) is 82.4 cm³/mol. The minimum absolute atomic E-state index is 0.0106. The highest BCUT2D eigenvalue weighted by Gasteiger charge is 2.18. The van der Waals surface area contributed by atoms with Gasteiger partial charge in [-0.1, -0.05) is 0 Å². The van der Waals surface area contributed by atoms with Gasteiger partial charge < -0.3 is 26.1 Å². The molecule has 0 fully saturated rings. The highest BCUT2D eigenvalue weighted by atomic mass is 31.2. The summed E-state index contributed by atoms with van der Waals surface area (Å²) in [6.45, 7) is 4.39. The number of hydrogen-bond donors (Lipinski definition) is 5. The largest absolute Gasteiger partial charge is 0.372 e. The fourth-order valence-electron chi connectivity index (χ4n) is 1.03. The molecule has 0 saturated carbocycles. The summed E-state index contributed by atoms with van der Waals surface area (Å²) in [5, 5.41) is 0. The molecule has 9 nitrogen and oxygen atoms in total. The van der Waals surface area contributed by atoms with Crippen molar-refractivity contribution in [3.8, 4) is 0 Å². The Bertz CT molecular complexity index is 392. The van der Waals surface area contributed by atoms with E-state index in [2.05, 4.69) is 10.7 Å². The first-order valence-electron chi connectivity index (χ1n) is 6.29. The molecule has 0 aliphatic heterocycles. The Kier molecular flexibility index (Phi) is 11.5. The van der Waals surface area contributed by atoms with Crippen molar-refractivity contribution in [1.29, 1.82) is 0 Å². The zero-order chi connectivity index (χ0) is 17.3. The normalized spacial score (nSPS) is 19.2. The third-order valence-electron chi connectivity index (χ3n) is 2.27.